The van der Waals surface area contributed by atoms with Gasteiger partial charge < -0.3 is 10.1 Å². The van der Waals surface area contributed by atoms with E-state index < -0.39 is 0 Å². The van der Waals surface area contributed by atoms with E-state index in [2.05, 4.69) is 12.2 Å². The quantitative estimate of drug-likeness (QED) is 0.729. The second kappa shape index (κ2) is 8.93. The maximum Gasteiger partial charge on any atom is 0.316 e. The zero-order valence-electron chi connectivity index (χ0n) is 13.5. The first kappa shape index (κ1) is 17.8. The fourth-order valence-electron chi connectivity index (χ4n) is 2.80. The van der Waals surface area contributed by atoms with Crippen LogP contribution in [-0.2, 0) is 9.53 Å². The minimum absolute atomic E-state index is 0.0959. The van der Waals surface area contributed by atoms with Crippen molar-refractivity contribution in [2.24, 2.45) is 5.92 Å². The highest BCUT2D eigenvalue weighted by Crippen LogP contribution is 2.28. The maximum absolute atomic E-state index is 11.7. The van der Waals surface area contributed by atoms with Gasteiger partial charge in [-0.05, 0) is 46.1 Å². The van der Waals surface area contributed by atoms with Crippen molar-refractivity contribution in [1.29, 1.82) is 0 Å². The highest BCUT2D eigenvalue weighted by molar-refractivity contribution is 7.99. The molecule has 1 unspecified atom stereocenters. The lowest BCUT2D eigenvalue weighted by molar-refractivity contribution is -0.151. The number of ether oxygens (including phenoxy) is 1. The molecule has 1 N–H and O–H groups in total. The molecule has 0 saturated heterocycles. The first-order valence-corrected chi connectivity index (χ1v) is 9.11. The molecule has 0 amide bonds. The molecular weight excluding hydrogens is 270 g/mol. The molecule has 0 aromatic rings. The number of carbonyl (C=O) groups is 1. The van der Waals surface area contributed by atoms with Crippen LogP contribution >= 0.6 is 11.8 Å². The molecule has 0 spiro atoms. The highest BCUT2D eigenvalue weighted by atomic mass is 32.2. The van der Waals surface area contributed by atoms with E-state index in [1.165, 1.54) is 32.1 Å². The first-order chi connectivity index (χ1) is 9.42. The molecule has 20 heavy (non-hydrogen) atoms. The summed E-state index contributed by atoms with van der Waals surface area (Å²) in [5, 5.41) is 3.60. The van der Waals surface area contributed by atoms with Gasteiger partial charge in [-0.1, -0.05) is 26.2 Å². The van der Waals surface area contributed by atoms with Crippen molar-refractivity contribution in [3.63, 3.8) is 0 Å². The van der Waals surface area contributed by atoms with Crippen molar-refractivity contribution >= 4 is 17.7 Å². The van der Waals surface area contributed by atoms with Crippen LogP contribution in [0, 0.1) is 5.92 Å². The predicted octanol–water partition coefficient (Wildman–Crippen LogP) is 3.62. The normalized spacial score (nSPS) is 18.8. The van der Waals surface area contributed by atoms with Crippen LogP contribution in [-0.4, -0.2) is 35.7 Å². The lowest BCUT2D eigenvalue weighted by Gasteiger charge is -2.30. The minimum Gasteiger partial charge on any atom is -0.459 e. The molecule has 0 bridgehead atoms. The molecule has 3 nitrogen and oxygen atoms in total. The second-order valence-electron chi connectivity index (χ2n) is 6.66. The molecule has 0 heterocycles. The fourth-order valence-corrected chi connectivity index (χ4v) is 3.79. The summed E-state index contributed by atoms with van der Waals surface area (Å²) < 4.78 is 5.34. The Morgan fingerprint density at radius 2 is 1.95 bits per heavy atom. The number of nitrogens with one attached hydrogen (secondary N) is 1. The highest BCUT2D eigenvalue weighted by Gasteiger charge is 2.23. The van der Waals surface area contributed by atoms with E-state index in [4.69, 9.17) is 4.74 Å². The van der Waals surface area contributed by atoms with Gasteiger partial charge in [0.25, 0.3) is 0 Å². The average molecular weight is 301 g/mol. The van der Waals surface area contributed by atoms with Crippen molar-refractivity contribution in [3.05, 3.63) is 0 Å². The summed E-state index contributed by atoms with van der Waals surface area (Å²) in [6.07, 6.45) is 6.79. The monoisotopic (exact) mass is 301 g/mol. The van der Waals surface area contributed by atoms with Gasteiger partial charge in [0.2, 0.25) is 0 Å². The van der Waals surface area contributed by atoms with Crippen molar-refractivity contribution < 1.29 is 9.53 Å². The van der Waals surface area contributed by atoms with Crippen LogP contribution in [0.3, 0.4) is 0 Å². The Morgan fingerprint density at radius 3 is 2.50 bits per heavy atom. The topological polar surface area (TPSA) is 38.3 Å². The Bertz CT molecular complexity index is 283. The first-order valence-electron chi connectivity index (χ1n) is 7.95. The third kappa shape index (κ3) is 7.53. The SMILES string of the molecule is CCNC(CSCC(=O)OC(C)(C)C)C1CCCCC1. The summed E-state index contributed by atoms with van der Waals surface area (Å²) in [4.78, 5) is 11.7. The lowest BCUT2D eigenvalue weighted by Crippen LogP contribution is -2.39. The Kier molecular flexibility index (Phi) is 7.96. The summed E-state index contributed by atoms with van der Waals surface area (Å²) in [5.74, 6) is 2.17. The van der Waals surface area contributed by atoms with E-state index in [0.29, 0.717) is 11.8 Å². The molecule has 1 aliphatic carbocycles. The lowest BCUT2D eigenvalue weighted by atomic mass is 9.84. The summed E-state index contributed by atoms with van der Waals surface area (Å²) >= 11 is 1.71. The largest absolute Gasteiger partial charge is 0.459 e. The van der Waals surface area contributed by atoms with Gasteiger partial charge in [-0.3, -0.25) is 4.79 Å². The van der Waals surface area contributed by atoms with Gasteiger partial charge in [0, 0.05) is 11.8 Å². The van der Waals surface area contributed by atoms with Crippen molar-refractivity contribution in [1.82, 2.24) is 5.32 Å². The summed E-state index contributed by atoms with van der Waals surface area (Å²) in [7, 11) is 0. The molecule has 1 atom stereocenters. The van der Waals surface area contributed by atoms with Gasteiger partial charge >= 0.3 is 5.97 Å². The molecule has 118 valence electrons. The summed E-state index contributed by atoms with van der Waals surface area (Å²) in [6.45, 7) is 8.92. The predicted molar refractivity (Wildman–Crippen MR) is 87.2 cm³/mol. The third-order valence-electron chi connectivity index (χ3n) is 3.62. The second-order valence-corrected chi connectivity index (χ2v) is 7.69. The third-order valence-corrected chi connectivity index (χ3v) is 4.66. The summed E-state index contributed by atoms with van der Waals surface area (Å²) in [5.41, 5.74) is -0.373. The molecule has 0 aromatic heterocycles. The van der Waals surface area contributed by atoms with E-state index in [9.17, 15) is 4.79 Å². The number of hydrogen-bond donors (Lipinski definition) is 1. The van der Waals surface area contributed by atoms with Gasteiger partial charge in [-0.25, -0.2) is 0 Å². The van der Waals surface area contributed by atoms with Crippen LogP contribution in [0.25, 0.3) is 0 Å². The number of carbonyl (C=O) groups excluding carboxylic acids is 1. The number of esters is 1. The molecule has 4 heteroatoms. The van der Waals surface area contributed by atoms with E-state index in [0.717, 1.165) is 18.2 Å². The zero-order valence-corrected chi connectivity index (χ0v) is 14.4. The Labute approximate surface area is 128 Å². The van der Waals surface area contributed by atoms with Crippen LogP contribution in [0.15, 0.2) is 0 Å². The molecule has 1 saturated carbocycles. The van der Waals surface area contributed by atoms with Crippen LogP contribution in [0.5, 0.6) is 0 Å². The molecule has 1 aliphatic rings. The van der Waals surface area contributed by atoms with Crippen molar-refractivity contribution in [3.8, 4) is 0 Å². The Balaban J connectivity index is 2.29. The van der Waals surface area contributed by atoms with E-state index in [1.807, 2.05) is 20.8 Å². The van der Waals surface area contributed by atoms with Crippen molar-refractivity contribution in [2.75, 3.05) is 18.1 Å². The van der Waals surface area contributed by atoms with Crippen molar-refractivity contribution in [2.45, 2.75) is 71.4 Å². The molecule has 0 radical (unpaired) electrons. The smallest absolute Gasteiger partial charge is 0.316 e. The van der Waals surface area contributed by atoms with Gasteiger partial charge in [0.05, 0.1) is 5.75 Å². The molecule has 0 aliphatic heterocycles. The average Bonchev–Trinajstić information content (AvgIpc) is 2.36. The summed E-state index contributed by atoms with van der Waals surface area (Å²) in [6, 6.07) is 0.549. The number of thioether (sulfide) groups is 1. The molecule has 1 fully saturated rings. The standard InChI is InChI=1S/C16H31NO2S/c1-5-17-14(13-9-7-6-8-10-13)11-20-12-15(18)19-16(2,3)4/h13-14,17H,5-12H2,1-4H3. The number of hydrogen-bond acceptors (Lipinski definition) is 4. The molecule has 1 rings (SSSR count). The van der Waals surface area contributed by atoms with E-state index in [1.54, 1.807) is 11.8 Å². The number of rotatable bonds is 7. The van der Waals surface area contributed by atoms with Crippen LogP contribution in [0.4, 0.5) is 0 Å². The zero-order chi connectivity index (χ0) is 15.0. The van der Waals surface area contributed by atoms with Crippen LogP contribution < -0.4 is 5.32 Å². The van der Waals surface area contributed by atoms with Gasteiger partial charge in [-0.2, -0.15) is 0 Å². The van der Waals surface area contributed by atoms with Gasteiger partial charge in [-0.15, -0.1) is 11.8 Å². The Hall–Kier alpha value is -0.220. The minimum atomic E-state index is -0.373. The van der Waals surface area contributed by atoms with Crippen LogP contribution in [0.1, 0.15) is 59.8 Å². The van der Waals surface area contributed by atoms with E-state index in [-0.39, 0.29) is 11.6 Å². The van der Waals surface area contributed by atoms with Gasteiger partial charge in [0.15, 0.2) is 0 Å². The molecular formula is C16H31NO2S. The fraction of sp³-hybridized carbons (Fsp3) is 0.938. The van der Waals surface area contributed by atoms with Crippen LogP contribution in [0.2, 0.25) is 0 Å². The van der Waals surface area contributed by atoms with Gasteiger partial charge in [0.1, 0.15) is 5.60 Å². The van der Waals surface area contributed by atoms with E-state index >= 15 is 0 Å². The Morgan fingerprint density at radius 1 is 1.30 bits per heavy atom. The molecule has 0 aromatic carbocycles. The maximum atomic E-state index is 11.7.